The number of aromatic nitrogens is 4. The first-order valence-electron chi connectivity index (χ1n) is 5.88. The zero-order valence-corrected chi connectivity index (χ0v) is 10.1. The van der Waals surface area contributed by atoms with E-state index in [0.717, 1.165) is 5.56 Å². The maximum absolute atomic E-state index is 8.98. The number of aromatic amines is 1. The molecule has 0 unspecified atom stereocenters. The van der Waals surface area contributed by atoms with Crippen LogP contribution in [0.25, 0.3) is 11.6 Å². The predicted octanol–water partition coefficient (Wildman–Crippen LogP) is 2.19. The number of benzene rings is 1. The van der Waals surface area contributed by atoms with Gasteiger partial charge in [-0.1, -0.05) is 30.3 Å². The molecule has 1 aromatic carbocycles. The molecule has 0 radical (unpaired) electrons. The number of hydrogen-bond acceptors (Lipinski definition) is 3. The Morgan fingerprint density at radius 2 is 2.11 bits per heavy atom. The molecule has 0 aliphatic carbocycles. The molecule has 1 N–H and O–H groups in total. The second-order valence-corrected chi connectivity index (χ2v) is 4.11. The lowest BCUT2D eigenvalue weighted by molar-refractivity contribution is 0.801. The largest absolute Gasteiger partial charge is 0.342 e. The van der Waals surface area contributed by atoms with Gasteiger partial charge in [-0.05, 0) is 5.56 Å². The maximum atomic E-state index is 8.98. The van der Waals surface area contributed by atoms with Crippen molar-refractivity contribution in [2.75, 3.05) is 0 Å². The van der Waals surface area contributed by atoms with Gasteiger partial charge >= 0.3 is 0 Å². The van der Waals surface area contributed by atoms with Gasteiger partial charge in [0.05, 0.1) is 0 Å². The SMILES string of the molecule is N#Cc1cn(Cc2ccccc2)c(-c2ncc[nH]2)n1. The van der Waals surface area contributed by atoms with Crippen molar-refractivity contribution >= 4 is 0 Å². The number of H-pyrrole nitrogens is 1. The first-order valence-corrected chi connectivity index (χ1v) is 5.88. The van der Waals surface area contributed by atoms with Crippen LogP contribution < -0.4 is 0 Å². The van der Waals surface area contributed by atoms with E-state index in [1.165, 1.54) is 0 Å². The monoisotopic (exact) mass is 249 g/mol. The van der Waals surface area contributed by atoms with Gasteiger partial charge in [-0.2, -0.15) is 5.26 Å². The van der Waals surface area contributed by atoms with Gasteiger partial charge in [-0.25, -0.2) is 9.97 Å². The quantitative estimate of drug-likeness (QED) is 0.773. The van der Waals surface area contributed by atoms with E-state index < -0.39 is 0 Å². The second-order valence-electron chi connectivity index (χ2n) is 4.11. The Bertz CT molecular complexity index is 704. The number of nitriles is 1. The molecule has 0 bridgehead atoms. The van der Waals surface area contributed by atoms with Gasteiger partial charge < -0.3 is 9.55 Å². The summed E-state index contributed by atoms with van der Waals surface area (Å²) in [7, 11) is 0. The van der Waals surface area contributed by atoms with Crippen LogP contribution in [-0.4, -0.2) is 19.5 Å². The first kappa shape index (κ1) is 11.2. The fourth-order valence-corrected chi connectivity index (χ4v) is 1.95. The Balaban J connectivity index is 2.01. The Hall–Kier alpha value is -2.87. The highest BCUT2D eigenvalue weighted by Crippen LogP contribution is 2.16. The summed E-state index contributed by atoms with van der Waals surface area (Å²) in [5, 5.41) is 8.98. The summed E-state index contributed by atoms with van der Waals surface area (Å²) in [5.74, 6) is 1.34. The molecular weight excluding hydrogens is 238 g/mol. The van der Waals surface area contributed by atoms with Crippen molar-refractivity contribution in [1.82, 2.24) is 19.5 Å². The smallest absolute Gasteiger partial charge is 0.177 e. The molecule has 0 saturated heterocycles. The molecule has 2 aromatic heterocycles. The molecule has 5 heteroatoms. The molecule has 0 amide bonds. The van der Waals surface area contributed by atoms with Crippen LogP contribution in [-0.2, 0) is 6.54 Å². The molecule has 92 valence electrons. The molecule has 2 heterocycles. The summed E-state index contributed by atoms with van der Waals surface area (Å²) in [5.41, 5.74) is 1.54. The lowest BCUT2D eigenvalue weighted by Crippen LogP contribution is -2.01. The summed E-state index contributed by atoms with van der Waals surface area (Å²) >= 11 is 0. The van der Waals surface area contributed by atoms with Crippen molar-refractivity contribution in [3.63, 3.8) is 0 Å². The van der Waals surface area contributed by atoms with E-state index in [4.69, 9.17) is 5.26 Å². The van der Waals surface area contributed by atoms with E-state index in [0.29, 0.717) is 23.9 Å². The molecule has 0 aliphatic heterocycles. The lowest BCUT2D eigenvalue weighted by atomic mass is 10.2. The lowest BCUT2D eigenvalue weighted by Gasteiger charge is -2.05. The van der Waals surface area contributed by atoms with Gasteiger partial charge in [-0.3, -0.25) is 0 Å². The Morgan fingerprint density at radius 1 is 1.26 bits per heavy atom. The number of rotatable bonds is 3. The van der Waals surface area contributed by atoms with Gasteiger partial charge in [0.25, 0.3) is 0 Å². The highest BCUT2D eigenvalue weighted by atomic mass is 15.1. The van der Waals surface area contributed by atoms with Crippen molar-refractivity contribution in [3.05, 3.63) is 60.2 Å². The van der Waals surface area contributed by atoms with Crippen molar-refractivity contribution in [1.29, 1.82) is 5.26 Å². The Labute approximate surface area is 110 Å². The standard InChI is InChI=1S/C14H11N5/c15-8-12-10-19(9-11-4-2-1-3-5-11)14(18-12)13-16-6-7-17-13/h1-7,10H,9H2,(H,16,17). The molecule has 0 saturated carbocycles. The van der Waals surface area contributed by atoms with E-state index in [-0.39, 0.29) is 0 Å². The third-order valence-corrected chi connectivity index (χ3v) is 2.80. The molecule has 0 atom stereocenters. The molecule has 0 aliphatic rings. The second kappa shape index (κ2) is 4.78. The summed E-state index contributed by atoms with van der Waals surface area (Å²) in [6.07, 6.45) is 5.15. The van der Waals surface area contributed by atoms with Gasteiger partial charge in [0.15, 0.2) is 17.3 Å². The molecule has 0 spiro atoms. The number of imidazole rings is 2. The summed E-state index contributed by atoms with van der Waals surface area (Å²) in [6.45, 7) is 0.658. The zero-order chi connectivity index (χ0) is 13.1. The summed E-state index contributed by atoms with van der Waals surface area (Å²) < 4.78 is 1.92. The fraction of sp³-hybridized carbons (Fsp3) is 0.0714. The van der Waals surface area contributed by atoms with Crippen molar-refractivity contribution < 1.29 is 0 Å². The van der Waals surface area contributed by atoms with E-state index in [1.54, 1.807) is 18.6 Å². The van der Waals surface area contributed by atoms with Crippen LogP contribution in [0, 0.1) is 11.3 Å². The molecule has 19 heavy (non-hydrogen) atoms. The minimum atomic E-state index is 0.391. The van der Waals surface area contributed by atoms with E-state index in [1.807, 2.05) is 34.9 Å². The molecular formula is C14H11N5. The highest BCUT2D eigenvalue weighted by Gasteiger charge is 2.12. The van der Waals surface area contributed by atoms with Crippen molar-refractivity contribution in [3.8, 4) is 17.7 Å². The number of hydrogen-bond donors (Lipinski definition) is 1. The van der Waals surface area contributed by atoms with Crippen LogP contribution in [0.1, 0.15) is 11.3 Å². The fourth-order valence-electron chi connectivity index (χ4n) is 1.95. The van der Waals surface area contributed by atoms with Gasteiger partial charge in [0.2, 0.25) is 0 Å². The van der Waals surface area contributed by atoms with Gasteiger partial charge in [0, 0.05) is 25.1 Å². The average Bonchev–Trinajstić information content (AvgIpc) is 3.08. The predicted molar refractivity (Wildman–Crippen MR) is 70.1 cm³/mol. The van der Waals surface area contributed by atoms with Crippen LogP contribution in [0.5, 0.6) is 0 Å². The maximum Gasteiger partial charge on any atom is 0.177 e. The van der Waals surface area contributed by atoms with Crippen molar-refractivity contribution in [2.45, 2.75) is 6.54 Å². The minimum Gasteiger partial charge on any atom is -0.342 e. The first-order chi connectivity index (χ1) is 9.36. The molecule has 0 fully saturated rings. The van der Waals surface area contributed by atoms with E-state index >= 15 is 0 Å². The van der Waals surface area contributed by atoms with Crippen LogP contribution in [0.2, 0.25) is 0 Å². The van der Waals surface area contributed by atoms with Crippen LogP contribution in [0.3, 0.4) is 0 Å². The average molecular weight is 249 g/mol. The Morgan fingerprint density at radius 3 is 2.79 bits per heavy atom. The van der Waals surface area contributed by atoms with E-state index in [2.05, 4.69) is 21.0 Å². The van der Waals surface area contributed by atoms with Gasteiger partial charge in [-0.15, -0.1) is 0 Å². The van der Waals surface area contributed by atoms with Gasteiger partial charge in [0.1, 0.15) is 6.07 Å². The summed E-state index contributed by atoms with van der Waals surface area (Å²) in [4.78, 5) is 11.5. The molecule has 3 rings (SSSR count). The third kappa shape index (κ3) is 2.24. The number of nitrogens with zero attached hydrogens (tertiary/aromatic N) is 4. The van der Waals surface area contributed by atoms with Crippen LogP contribution in [0.15, 0.2) is 48.9 Å². The third-order valence-electron chi connectivity index (χ3n) is 2.80. The van der Waals surface area contributed by atoms with E-state index in [9.17, 15) is 0 Å². The zero-order valence-electron chi connectivity index (χ0n) is 10.1. The topological polar surface area (TPSA) is 70.3 Å². The molecule has 3 aromatic rings. The minimum absolute atomic E-state index is 0.391. The Kier molecular flexibility index (Phi) is 2.83. The number of nitrogens with one attached hydrogen (secondary N) is 1. The summed E-state index contributed by atoms with van der Waals surface area (Å²) in [6, 6.07) is 12.1. The molecule has 5 nitrogen and oxygen atoms in total. The van der Waals surface area contributed by atoms with Crippen LogP contribution >= 0.6 is 0 Å². The highest BCUT2D eigenvalue weighted by molar-refractivity contribution is 5.46. The van der Waals surface area contributed by atoms with Crippen molar-refractivity contribution in [2.24, 2.45) is 0 Å². The van der Waals surface area contributed by atoms with Crippen LogP contribution in [0.4, 0.5) is 0 Å². The normalized spacial score (nSPS) is 10.3.